The first-order valence-electron chi connectivity index (χ1n) is 6.72. The third-order valence-electron chi connectivity index (χ3n) is 3.75. The number of rotatable bonds is 2. The van der Waals surface area contributed by atoms with Crippen LogP contribution in [0.2, 0.25) is 10.0 Å². The monoisotopic (exact) mass is 301 g/mol. The second-order valence-corrected chi connectivity index (χ2v) is 6.01. The molecule has 1 atom stereocenters. The van der Waals surface area contributed by atoms with Gasteiger partial charge < -0.3 is 15.5 Å². The van der Waals surface area contributed by atoms with Gasteiger partial charge in [0.1, 0.15) is 0 Å². The quantitative estimate of drug-likeness (QED) is 0.849. The van der Waals surface area contributed by atoms with E-state index in [9.17, 15) is 0 Å². The lowest BCUT2D eigenvalue weighted by Crippen LogP contribution is -2.40. The lowest BCUT2D eigenvalue weighted by Gasteiger charge is -2.33. The molecular formula is C14H21Cl2N3. The fourth-order valence-electron chi connectivity index (χ4n) is 2.71. The van der Waals surface area contributed by atoms with Crippen molar-refractivity contribution in [1.82, 2.24) is 4.90 Å². The molecule has 0 aliphatic carbocycles. The van der Waals surface area contributed by atoms with Crippen LogP contribution >= 0.6 is 23.2 Å². The molecule has 1 unspecified atom stereocenters. The van der Waals surface area contributed by atoms with E-state index in [0.29, 0.717) is 21.8 Å². The van der Waals surface area contributed by atoms with Gasteiger partial charge in [0.05, 0.1) is 21.4 Å². The van der Waals surface area contributed by atoms with Crippen molar-refractivity contribution in [1.29, 1.82) is 0 Å². The van der Waals surface area contributed by atoms with Crippen molar-refractivity contribution in [3.8, 4) is 0 Å². The SMILES string of the molecule is CCC1CN(C)CCCN1c1cc(Cl)c(Cl)cc1N. The standard InChI is InChI=1S/C14H21Cl2N3/c1-3-10-9-18(2)5-4-6-19(10)14-8-12(16)11(15)7-13(14)17/h7-8,10H,3-6,9,17H2,1-2H3. The van der Waals surface area contributed by atoms with Gasteiger partial charge in [-0.2, -0.15) is 0 Å². The molecule has 3 nitrogen and oxygen atoms in total. The summed E-state index contributed by atoms with van der Waals surface area (Å²) in [6.45, 7) is 5.39. The Morgan fingerprint density at radius 2 is 1.95 bits per heavy atom. The van der Waals surface area contributed by atoms with Gasteiger partial charge in [-0.25, -0.2) is 0 Å². The van der Waals surface area contributed by atoms with Crippen LogP contribution in [0.4, 0.5) is 11.4 Å². The van der Waals surface area contributed by atoms with Crippen LogP contribution in [0.1, 0.15) is 19.8 Å². The number of hydrogen-bond donors (Lipinski definition) is 1. The second-order valence-electron chi connectivity index (χ2n) is 5.20. The molecule has 106 valence electrons. The minimum absolute atomic E-state index is 0.465. The molecule has 0 radical (unpaired) electrons. The van der Waals surface area contributed by atoms with Gasteiger partial charge in [0.15, 0.2) is 0 Å². The van der Waals surface area contributed by atoms with E-state index in [0.717, 1.165) is 38.2 Å². The Kier molecular flexibility index (Phi) is 4.82. The highest BCUT2D eigenvalue weighted by molar-refractivity contribution is 6.42. The van der Waals surface area contributed by atoms with Crippen LogP contribution in [-0.4, -0.2) is 37.6 Å². The molecule has 1 fully saturated rings. The number of likely N-dealkylation sites (N-methyl/N-ethyl adjacent to an activating group) is 1. The molecule has 1 aromatic rings. The molecule has 19 heavy (non-hydrogen) atoms. The first kappa shape index (κ1) is 14.8. The minimum atomic E-state index is 0.465. The van der Waals surface area contributed by atoms with Crippen molar-refractivity contribution >= 4 is 34.6 Å². The molecule has 0 spiro atoms. The maximum atomic E-state index is 6.14. The molecule has 2 N–H and O–H groups in total. The van der Waals surface area contributed by atoms with Crippen LogP contribution in [0.3, 0.4) is 0 Å². The fourth-order valence-corrected chi connectivity index (χ4v) is 3.04. The number of nitrogens with two attached hydrogens (primary N) is 1. The second kappa shape index (κ2) is 6.21. The zero-order chi connectivity index (χ0) is 14.0. The van der Waals surface area contributed by atoms with E-state index in [-0.39, 0.29) is 0 Å². The van der Waals surface area contributed by atoms with Gasteiger partial charge in [-0.3, -0.25) is 0 Å². The van der Waals surface area contributed by atoms with Crippen LogP contribution in [0.5, 0.6) is 0 Å². The van der Waals surface area contributed by atoms with Gasteiger partial charge in [-0.05, 0) is 38.6 Å². The summed E-state index contributed by atoms with van der Waals surface area (Å²) in [5.41, 5.74) is 7.84. The van der Waals surface area contributed by atoms with Gasteiger partial charge in [0.25, 0.3) is 0 Å². The topological polar surface area (TPSA) is 32.5 Å². The molecular weight excluding hydrogens is 281 g/mol. The Hall–Kier alpha value is -0.640. The van der Waals surface area contributed by atoms with Crippen molar-refractivity contribution in [3.63, 3.8) is 0 Å². The molecule has 2 rings (SSSR count). The van der Waals surface area contributed by atoms with E-state index in [1.807, 2.05) is 6.07 Å². The molecule has 1 aromatic carbocycles. The highest BCUT2D eigenvalue weighted by Crippen LogP contribution is 2.35. The molecule has 0 aromatic heterocycles. The molecule has 0 amide bonds. The maximum Gasteiger partial charge on any atom is 0.0618 e. The summed E-state index contributed by atoms with van der Waals surface area (Å²) >= 11 is 12.2. The highest BCUT2D eigenvalue weighted by Gasteiger charge is 2.24. The lowest BCUT2D eigenvalue weighted by molar-refractivity contribution is 0.328. The largest absolute Gasteiger partial charge is 0.397 e. The fraction of sp³-hybridized carbons (Fsp3) is 0.571. The predicted molar refractivity (Wildman–Crippen MR) is 84.4 cm³/mol. The minimum Gasteiger partial charge on any atom is -0.397 e. The first-order chi connectivity index (χ1) is 9.02. The summed E-state index contributed by atoms with van der Waals surface area (Å²) < 4.78 is 0. The Labute approximate surface area is 125 Å². The molecule has 0 bridgehead atoms. The van der Waals surface area contributed by atoms with Gasteiger partial charge in [0.2, 0.25) is 0 Å². The normalized spacial score (nSPS) is 21.5. The molecule has 1 saturated heterocycles. The van der Waals surface area contributed by atoms with E-state index < -0.39 is 0 Å². The first-order valence-corrected chi connectivity index (χ1v) is 7.48. The van der Waals surface area contributed by atoms with Gasteiger partial charge >= 0.3 is 0 Å². The average molecular weight is 302 g/mol. The summed E-state index contributed by atoms with van der Waals surface area (Å²) in [6.07, 6.45) is 2.22. The van der Waals surface area contributed by atoms with E-state index >= 15 is 0 Å². The zero-order valence-corrected chi connectivity index (χ0v) is 13.0. The van der Waals surface area contributed by atoms with Crippen molar-refractivity contribution in [3.05, 3.63) is 22.2 Å². The zero-order valence-electron chi connectivity index (χ0n) is 11.5. The van der Waals surface area contributed by atoms with E-state index in [2.05, 4.69) is 23.8 Å². The average Bonchev–Trinajstić information content (AvgIpc) is 2.55. The van der Waals surface area contributed by atoms with Crippen molar-refractivity contribution in [2.75, 3.05) is 37.3 Å². The Bertz CT molecular complexity index is 451. The Balaban J connectivity index is 2.35. The number of halogens is 2. The van der Waals surface area contributed by atoms with Crippen LogP contribution in [0, 0.1) is 0 Å². The van der Waals surface area contributed by atoms with Gasteiger partial charge in [-0.15, -0.1) is 0 Å². The van der Waals surface area contributed by atoms with Crippen molar-refractivity contribution in [2.45, 2.75) is 25.8 Å². The number of hydrogen-bond acceptors (Lipinski definition) is 3. The lowest BCUT2D eigenvalue weighted by atomic mass is 10.1. The predicted octanol–water partition coefficient (Wildman–Crippen LogP) is 3.50. The Morgan fingerprint density at radius 1 is 1.26 bits per heavy atom. The molecule has 1 aliphatic heterocycles. The summed E-state index contributed by atoms with van der Waals surface area (Å²) in [6, 6.07) is 4.11. The van der Waals surface area contributed by atoms with Crippen LogP contribution < -0.4 is 10.6 Å². The van der Waals surface area contributed by atoms with E-state index in [4.69, 9.17) is 28.9 Å². The molecule has 5 heteroatoms. The number of nitrogens with zero attached hydrogens (tertiary/aromatic N) is 2. The van der Waals surface area contributed by atoms with Crippen LogP contribution in [0.25, 0.3) is 0 Å². The Morgan fingerprint density at radius 3 is 2.63 bits per heavy atom. The van der Waals surface area contributed by atoms with E-state index in [1.165, 1.54) is 0 Å². The highest BCUT2D eigenvalue weighted by atomic mass is 35.5. The summed E-state index contributed by atoms with van der Waals surface area (Å²) in [5.74, 6) is 0. The molecule has 1 aliphatic rings. The number of anilines is 2. The summed E-state index contributed by atoms with van der Waals surface area (Å²) in [4.78, 5) is 4.75. The third kappa shape index (κ3) is 3.28. The van der Waals surface area contributed by atoms with Gasteiger partial charge in [-0.1, -0.05) is 30.1 Å². The smallest absolute Gasteiger partial charge is 0.0618 e. The van der Waals surface area contributed by atoms with Crippen molar-refractivity contribution in [2.24, 2.45) is 0 Å². The summed E-state index contributed by atoms with van der Waals surface area (Å²) in [7, 11) is 2.17. The van der Waals surface area contributed by atoms with Crippen LogP contribution in [-0.2, 0) is 0 Å². The van der Waals surface area contributed by atoms with Gasteiger partial charge in [0, 0.05) is 19.1 Å². The molecule has 1 heterocycles. The number of nitrogen functional groups attached to an aromatic ring is 1. The third-order valence-corrected chi connectivity index (χ3v) is 4.47. The van der Waals surface area contributed by atoms with Crippen molar-refractivity contribution < 1.29 is 0 Å². The summed E-state index contributed by atoms with van der Waals surface area (Å²) in [5, 5.41) is 1.08. The molecule has 0 saturated carbocycles. The maximum absolute atomic E-state index is 6.14. The van der Waals surface area contributed by atoms with Crippen LogP contribution in [0.15, 0.2) is 12.1 Å². The number of benzene rings is 1. The van der Waals surface area contributed by atoms with E-state index in [1.54, 1.807) is 6.07 Å².